The molecule has 0 N–H and O–H groups in total. The molecule has 1 fully saturated rings. The van der Waals surface area contributed by atoms with Crippen LogP contribution in [-0.4, -0.2) is 41.2 Å². The molecule has 2 heterocycles. The van der Waals surface area contributed by atoms with E-state index in [1.54, 1.807) is 6.92 Å². The van der Waals surface area contributed by atoms with Crippen molar-refractivity contribution in [1.82, 2.24) is 9.13 Å². The maximum absolute atomic E-state index is 14.4. The number of carbonyl (C=O) groups is 1. The summed E-state index contributed by atoms with van der Waals surface area (Å²) >= 11 is 5.96. The van der Waals surface area contributed by atoms with E-state index in [1.807, 2.05) is 0 Å². The molecule has 0 saturated carbocycles. The Morgan fingerprint density at radius 3 is 2.59 bits per heavy atom. The topological polar surface area (TPSA) is 88.8 Å². The number of carbonyl (C=O) groups excluding carboxylic acids is 1. The number of rotatable bonds is 3. The molecule has 3 rings (SSSR count). The van der Waals surface area contributed by atoms with Crippen molar-refractivity contribution in [2.45, 2.75) is 13.0 Å². The molecule has 0 amide bonds. The van der Waals surface area contributed by atoms with Gasteiger partial charge in [0, 0.05) is 18.8 Å². The minimum atomic E-state index is -0.927. The van der Waals surface area contributed by atoms with Crippen LogP contribution in [0.4, 0.5) is 4.39 Å². The maximum Gasteiger partial charge on any atom is 0.340 e. The van der Waals surface area contributed by atoms with Gasteiger partial charge in [-0.05, 0) is 19.1 Å². The monoisotopic (exact) mass is 398 g/mol. The lowest BCUT2D eigenvalue weighted by molar-refractivity contribution is -0.153. The van der Waals surface area contributed by atoms with Crippen LogP contribution in [0.25, 0.3) is 5.69 Å². The van der Waals surface area contributed by atoms with Gasteiger partial charge in [-0.15, -0.1) is 0 Å². The quantitative estimate of drug-likeness (QED) is 0.721. The molecule has 0 atom stereocenters. The van der Waals surface area contributed by atoms with Gasteiger partial charge in [-0.1, -0.05) is 11.6 Å². The lowest BCUT2D eigenvalue weighted by Crippen LogP contribution is -2.39. The van der Waals surface area contributed by atoms with Gasteiger partial charge in [0.2, 0.25) is 0 Å². The Morgan fingerprint density at radius 1 is 1.26 bits per heavy atom. The molecule has 1 aliphatic heterocycles. The SMILES string of the molecule is Cc1cc(=O)n(-c2cc(C(=O)OC3COCOC3)c(Cl)cc2F)c(=O)n1C. The normalized spacial score (nSPS) is 15.0. The molecule has 144 valence electrons. The Hall–Kier alpha value is -2.49. The smallest absolute Gasteiger partial charge is 0.340 e. The van der Waals surface area contributed by atoms with Gasteiger partial charge >= 0.3 is 11.7 Å². The third kappa shape index (κ3) is 3.80. The summed E-state index contributed by atoms with van der Waals surface area (Å²) < 4.78 is 31.6. The molecule has 1 saturated heterocycles. The van der Waals surface area contributed by atoms with Gasteiger partial charge in [0.25, 0.3) is 5.56 Å². The van der Waals surface area contributed by atoms with Crippen LogP contribution in [0.1, 0.15) is 16.1 Å². The summed E-state index contributed by atoms with van der Waals surface area (Å²) in [5, 5.41) is -0.212. The van der Waals surface area contributed by atoms with Gasteiger partial charge in [-0.3, -0.25) is 4.79 Å². The molecule has 0 unspecified atom stereocenters. The average molecular weight is 399 g/mol. The predicted octanol–water partition coefficient (Wildman–Crippen LogP) is 1.17. The molecule has 8 nitrogen and oxygen atoms in total. The average Bonchev–Trinajstić information content (AvgIpc) is 2.62. The zero-order valence-corrected chi connectivity index (χ0v) is 15.3. The zero-order chi connectivity index (χ0) is 19.7. The van der Waals surface area contributed by atoms with E-state index in [2.05, 4.69) is 0 Å². The Morgan fingerprint density at radius 2 is 1.93 bits per heavy atom. The highest BCUT2D eigenvalue weighted by molar-refractivity contribution is 6.33. The fourth-order valence-corrected chi connectivity index (χ4v) is 2.80. The molecular formula is C17H16ClFN2O6. The molecule has 0 spiro atoms. The van der Waals surface area contributed by atoms with E-state index in [4.69, 9.17) is 25.8 Å². The second kappa shape index (κ2) is 7.63. The van der Waals surface area contributed by atoms with Crippen LogP contribution in [0.5, 0.6) is 0 Å². The van der Waals surface area contributed by atoms with Crippen molar-refractivity contribution in [3.8, 4) is 5.69 Å². The fraction of sp³-hybridized carbons (Fsp3) is 0.353. The number of benzene rings is 1. The van der Waals surface area contributed by atoms with E-state index < -0.39 is 34.8 Å². The van der Waals surface area contributed by atoms with Gasteiger partial charge in [0.1, 0.15) is 18.7 Å². The molecule has 2 aromatic rings. The number of aryl methyl sites for hydroxylation is 1. The second-order valence-corrected chi connectivity index (χ2v) is 6.38. The van der Waals surface area contributed by atoms with E-state index in [1.165, 1.54) is 17.7 Å². The number of hydrogen-bond acceptors (Lipinski definition) is 6. The Labute approximate surface area is 157 Å². The van der Waals surface area contributed by atoms with Gasteiger partial charge in [-0.25, -0.2) is 18.5 Å². The van der Waals surface area contributed by atoms with E-state index in [0.717, 1.165) is 12.1 Å². The number of halogens is 2. The summed E-state index contributed by atoms with van der Waals surface area (Å²) in [7, 11) is 1.44. The first kappa shape index (κ1) is 19.3. The third-order valence-electron chi connectivity index (χ3n) is 4.11. The molecule has 1 aromatic carbocycles. The molecule has 1 aromatic heterocycles. The first-order valence-corrected chi connectivity index (χ1v) is 8.33. The Balaban J connectivity index is 2.05. The van der Waals surface area contributed by atoms with Crippen LogP contribution in [0.2, 0.25) is 5.02 Å². The number of esters is 1. The molecule has 0 radical (unpaired) electrons. The van der Waals surface area contributed by atoms with Crippen molar-refractivity contribution in [2.24, 2.45) is 7.05 Å². The van der Waals surface area contributed by atoms with Crippen LogP contribution in [0.15, 0.2) is 27.8 Å². The minimum absolute atomic E-state index is 0.106. The van der Waals surface area contributed by atoms with E-state index in [-0.39, 0.29) is 30.6 Å². The Kier molecular flexibility index (Phi) is 5.45. The first-order chi connectivity index (χ1) is 12.8. The summed E-state index contributed by atoms with van der Waals surface area (Å²) in [4.78, 5) is 37.1. The second-order valence-electron chi connectivity index (χ2n) is 5.97. The largest absolute Gasteiger partial charge is 0.454 e. The molecule has 0 aliphatic carbocycles. The Bertz CT molecular complexity index is 1010. The van der Waals surface area contributed by atoms with Crippen molar-refractivity contribution in [1.29, 1.82) is 0 Å². The number of aromatic nitrogens is 2. The van der Waals surface area contributed by atoms with Crippen molar-refractivity contribution >= 4 is 17.6 Å². The minimum Gasteiger partial charge on any atom is -0.454 e. The number of hydrogen-bond donors (Lipinski definition) is 0. The highest BCUT2D eigenvalue weighted by Crippen LogP contribution is 2.24. The van der Waals surface area contributed by atoms with Crippen LogP contribution in [0.3, 0.4) is 0 Å². The molecule has 0 bridgehead atoms. The highest BCUT2D eigenvalue weighted by Gasteiger charge is 2.24. The van der Waals surface area contributed by atoms with Crippen molar-refractivity contribution in [2.75, 3.05) is 20.0 Å². The summed E-state index contributed by atoms with van der Waals surface area (Å²) in [6.45, 7) is 1.97. The van der Waals surface area contributed by atoms with E-state index in [9.17, 15) is 18.8 Å². The summed E-state index contributed by atoms with van der Waals surface area (Å²) in [5.74, 6) is -1.78. The maximum atomic E-state index is 14.4. The van der Waals surface area contributed by atoms with Crippen LogP contribution in [-0.2, 0) is 21.3 Å². The standard InChI is InChI=1S/C17H16ClFN2O6/c1-9-3-15(22)21(17(24)20(9)2)14-4-11(12(18)5-13(14)19)16(23)27-10-6-25-8-26-7-10/h3-5,10H,6-8H2,1-2H3. The van der Waals surface area contributed by atoms with Gasteiger partial charge in [0.15, 0.2) is 0 Å². The number of ether oxygens (including phenoxy) is 3. The van der Waals surface area contributed by atoms with Crippen LogP contribution in [0, 0.1) is 12.7 Å². The first-order valence-electron chi connectivity index (χ1n) is 7.95. The number of nitrogens with zero attached hydrogens (tertiary/aromatic N) is 2. The van der Waals surface area contributed by atoms with Crippen molar-refractivity contribution in [3.63, 3.8) is 0 Å². The van der Waals surface area contributed by atoms with Gasteiger partial charge in [-0.2, -0.15) is 0 Å². The lowest BCUT2D eigenvalue weighted by atomic mass is 10.2. The van der Waals surface area contributed by atoms with Crippen molar-refractivity contribution in [3.05, 3.63) is 61.1 Å². The lowest BCUT2D eigenvalue weighted by Gasteiger charge is -2.22. The highest BCUT2D eigenvalue weighted by atomic mass is 35.5. The van der Waals surface area contributed by atoms with E-state index in [0.29, 0.717) is 10.3 Å². The predicted molar refractivity (Wildman–Crippen MR) is 93.0 cm³/mol. The molecule has 27 heavy (non-hydrogen) atoms. The fourth-order valence-electron chi connectivity index (χ4n) is 2.57. The van der Waals surface area contributed by atoms with Gasteiger partial charge in [0.05, 0.1) is 29.5 Å². The summed E-state index contributed by atoms with van der Waals surface area (Å²) in [6, 6.07) is 3.06. The zero-order valence-electron chi connectivity index (χ0n) is 14.5. The van der Waals surface area contributed by atoms with Crippen LogP contribution < -0.4 is 11.2 Å². The third-order valence-corrected chi connectivity index (χ3v) is 4.42. The van der Waals surface area contributed by atoms with Gasteiger partial charge < -0.3 is 18.8 Å². The summed E-state index contributed by atoms with van der Waals surface area (Å²) in [5.41, 5.74) is -1.66. The van der Waals surface area contributed by atoms with Crippen LogP contribution >= 0.6 is 11.6 Å². The molecule has 10 heteroatoms. The summed E-state index contributed by atoms with van der Waals surface area (Å²) in [6.07, 6.45) is -0.647. The molecule has 1 aliphatic rings. The van der Waals surface area contributed by atoms with Crippen molar-refractivity contribution < 1.29 is 23.4 Å². The molecular weight excluding hydrogens is 383 g/mol. The van der Waals surface area contributed by atoms with E-state index >= 15 is 0 Å².